The zero-order valence-corrected chi connectivity index (χ0v) is 12.5. The van der Waals surface area contributed by atoms with Crippen LogP contribution in [0.5, 0.6) is 0 Å². The Balaban J connectivity index is 2.06. The van der Waals surface area contributed by atoms with E-state index in [1.54, 1.807) is 43.2 Å². The van der Waals surface area contributed by atoms with Crippen molar-refractivity contribution in [3.8, 4) is 0 Å². The number of hydrogen-bond acceptors (Lipinski definition) is 3. The van der Waals surface area contributed by atoms with E-state index in [9.17, 15) is 9.90 Å². The molecular weight excluding hydrogens is 276 g/mol. The molecule has 1 fully saturated rings. The lowest BCUT2D eigenvalue weighted by Gasteiger charge is -2.33. The van der Waals surface area contributed by atoms with Crippen LogP contribution in [0, 0.1) is 0 Å². The molecular formula is C15H19ClN2O2. The predicted octanol–water partition coefficient (Wildman–Crippen LogP) is 2.51. The maximum absolute atomic E-state index is 12.2. The van der Waals surface area contributed by atoms with Crippen molar-refractivity contribution in [2.45, 2.75) is 38.3 Å². The van der Waals surface area contributed by atoms with E-state index in [2.05, 4.69) is 4.98 Å². The molecule has 1 aliphatic heterocycles. The van der Waals surface area contributed by atoms with Gasteiger partial charge in [-0.25, -0.2) is 4.98 Å². The Morgan fingerprint density at radius 2 is 2.30 bits per heavy atom. The Hall–Kier alpha value is -1.39. The fourth-order valence-corrected chi connectivity index (χ4v) is 2.63. The van der Waals surface area contributed by atoms with Crippen LogP contribution in [-0.2, 0) is 4.79 Å². The largest absolute Gasteiger partial charge is 0.388 e. The fourth-order valence-electron chi connectivity index (χ4n) is 2.51. The van der Waals surface area contributed by atoms with Crippen molar-refractivity contribution in [1.29, 1.82) is 0 Å². The van der Waals surface area contributed by atoms with Gasteiger partial charge < -0.3 is 10.0 Å². The van der Waals surface area contributed by atoms with Gasteiger partial charge in [-0.1, -0.05) is 17.7 Å². The molecule has 1 N–H and O–H groups in total. The van der Waals surface area contributed by atoms with E-state index < -0.39 is 5.60 Å². The molecule has 1 amide bonds. The number of carbonyl (C=O) groups is 1. The minimum atomic E-state index is -0.873. The second kappa shape index (κ2) is 5.94. The van der Waals surface area contributed by atoms with Crippen molar-refractivity contribution >= 4 is 23.6 Å². The van der Waals surface area contributed by atoms with Crippen molar-refractivity contribution in [3.63, 3.8) is 0 Å². The lowest BCUT2D eigenvalue weighted by atomic mass is 9.96. The molecule has 0 saturated carbocycles. The quantitative estimate of drug-likeness (QED) is 0.688. The van der Waals surface area contributed by atoms with E-state index in [1.807, 2.05) is 0 Å². The molecule has 108 valence electrons. The molecule has 1 aromatic heterocycles. The predicted molar refractivity (Wildman–Crippen MR) is 79.3 cm³/mol. The molecule has 2 rings (SSSR count). The van der Waals surface area contributed by atoms with Gasteiger partial charge in [0.25, 0.3) is 0 Å². The SMILES string of the molecule is CC(C)(O)C1CCCN1C(=O)/C=C/c1ccc(Cl)nc1. The summed E-state index contributed by atoms with van der Waals surface area (Å²) in [5.74, 6) is -0.0791. The topological polar surface area (TPSA) is 53.4 Å². The van der Waals surface area contributed by atoms with Crippen molar-refractivity contribution in [3.05, 3.63) is 35.1 Å². The van der Waals surface area contributed by atoms with Gasteiger partial charge in [0.15, 0.2) is 0 Å². The minimum Gasteiger partial charge on any atom is -0.388 e. The van der Waals surface area contributed by atoms with Gasteiger partial charge in [0.05, 0.1) is 11.6 Å². The molecule has 1 atom stereocenters. The van der Waals surface area contributed by atoms with Crippen LogP contribution >= 0.6 is 11.6 Å². The molecule has 0 spiro atoms. The second-order valence-corrected chi connectivity index (χ2v) is 5.98. The molecule has 4 nitrogen and oxygen atoms in total. The first kappa shape index (κ1) is 15.0. The van der Waals surface area contributed by atoms with E-state index in [1.165, 1.54) is 6.08 Å². The molecule has 0 bridgehead atoms. The second-order valence-electron chi connectivity index (χ2n) is 5.59. The molecule has 2 heterocycles. The molecule has 1 saturated heterocycles. The number of amides is 1. The van der Waals surface area contributed by atoms with Gasteiger partial charge in [0.2, 0.25) is 5.91 Å². The molecule has 20 heavy (non-hydrogen) atoms. The average molecular weight is 295 g/mol. The minimum absolute atomic E-state index is 0.0791. The van der Waals surface area contributed by atoms with Crippen molar-refractivity contribution in [2.24, 2.45) is 0 Å². The van der Waals surface area contributed by atoms with E-state index in [4.69, 9.17) is 11.6 Å². The summed E-state index contributed by atoms with van der Waals surface area (Å²) in [6.45, 7) is 4.18. The highest BCUT2D eigenvalue weighted by Crippen LogP contribution is 2.27. The third kappa shape index (κ3) is 3.58. The maximum atomic E-state index is 12.2. The van der Waals surface area contributed by atoms with Gasteiger partial charge in [0.1, 0.15) is 5.15 Å². The Morgan fingerprint density at radius 3 is 2.90 bits per heavy atom. The van der Waals surface area contributed by atoms with Gasteiger partial charge in [-0.2, -0.15) is 0 Å². The number of carbonyl (C=O) groups excluding carboxylic acids is 1. The van der Waals surface area contributed by atoms with Crippen LogP contribution in [0.3, 0.4) is 0 Å². The fraction of sp³-hybridized carbons (Fsp3) is 0.467. The van der Waals surface area contributed by atoms with Crippen LogP contribution in [0.1, 0.15) is 32.3 Å². The van der Waals surface area contributed by atoms with Gasteiger partial charge in [0, 0.05) is 18.8 Å². The lowest BCUT2D eigenvalue weighted by Crippen LogP contribution is -2.47. The van der Waals surface area contributed by atoms with Crippen molar-refractivity contribution in [1.82, 2.24) is 9.88 Å². The van der Waals surface area contributed by atoms with Gasteiger partial charge in [-0.15, -0.1) is 0 Å². The number of halogens is 1. The van der Waals surface area contributed by atoms with E-state index in [0.29, 0.717) is 11.7 Å². The monoisotopic (exact) mass is 294 g/mol. The summed E-state index contributed by atoms with van der Waals surface area (Å²) in [4.78, 5) is 17.9. The van der Waals surface area contributed by atoms with Crippen LogP contribution in [0.2, 0.25) is 5.15 Å². The Bertz CT molecular complexity index is 506. The smallest absolute Gasteiger partial charge is 0.246 e. The lowest BCUT2D eigenvalue weighted by molar-refractivity contribution is -0.131. The first-order valence-corrected chi connectivity index (χ1v) is 7.08. The Kier molecular flexibility index (Phi) is 4.45. The summed E-state index contributed by atoms with van der Waals surface area (Å²) >= 11 is 5.71. The highest BCUT2D eigenvalue weighted by atomic mass is 35.5. The van der Waals surface area contributed by atoms with Crippen LogP contribution in [0.25, 0.3) is 6.08 Å². The molecule has 1 aliphatic rings. The molecule has 5 heteroatoms. The number of aromatic nitrogens is 1. The first-order valence-electron chi connectivity index (χ1n) is 6.70. The molecule has 0 radical (unpaired) electrons. The maximum Gasteiger partial charge on any atom is 0.246 e. The van der Waals surface area contributed by atoms with Crippen molar-refractivity contribution < 1.29 is 9.90 Å². The van der Waals surface area contributed by atoms with E-state index >= 15 is 0 Å². The van der Waals surface area contributed by atoms with Crippen LogP contribution in [0.4, 0.5) is 0 Å². The summed E-state index contributed by atoms with van der Waals surface area (Å²) in [6, 6.07) is 3.36. The molecule has 1 aromatic rings. The highest BCUT2D eigenvalue weighted by molar-refractivity contribution is 6.29. The Morgan fingerprint density at radius 1 is 1.55 bits per heavy atom. The van der Waals surface area contributed by atoms with Crippen LogP contribution < -0.4 is 0 Å². The zero-order chi connectivity index (χ0) is 14.8. The molecule has 0 aromatic carbocycles. The summed E-state index contributed by atoms with van der Waals surface area (Å²) < 4.78 is 0. The third-order valence-electron chi connectivity index (χ3n) is 3.52. The summed E-state index contributed by atoms with van der Waals surface area (Å²) in [5.41, 5.74) is -0.0521. The van der Waals surface area contributed by atoms with Crippen LogP contribution in [0.15, 0.2) is 24.4 Å². The number of likely N-dealkylation sites (tertiary alicyclic amines) is 1. The number of pyridine rings is 1. The van der Waals surface area contributed by atoms with Gasteiger partial charge in [-0.3, -0.25) is 4.79 Å². The summed E-state index contributed by atoms with van der Waals surface area (Å²) in [7, 11) is 0. The average Bonchev–Trinajstić information content (AvgIpc) is 2.87. The highest BCUT2D eigenvalue weighted by Gasteiger charge is 2.37. The molecule has 1 unspecified atom stereocenters. The third-order valence-corrected chi connectivity index (χ3v) is 3.74. The zero-order valence-electron chi connectivity index (χ0n) is 11.7. The van der Waals surface area contributed by atoms with Gasteiger partial charge >= 0.3 is 0 Å². The normalized spacial score (nSPS) is 19.8. The standard InChI is InChI=1S/C15H19ClN2O2/c1-15(2,20)12-4-3-9-18(12)14(19)8-6-11-5-7-13(16)17-10-11/h5-8,10,12,20H,3-4,9H2,1-2H3/b8-6+. The van der Waals surface area contributed by atoms with E-state index in [0.717, 1.165) is 18.4 Å². The number of hydrogen-bond donors (Lipinski definition) is 1. The van der Waals surface area contributed by atoms with Gasteiger partial charge in [-0.05, 0) is 44.4 Å². The number of aliphatic hydroxyl groups is 1. The molecule has 0 aliphatic carbocycles. The Labute approximate surface area is 124 Å². The summed E-state index contributed by atoms with van der Waals surface area (Å²) in [6.07, 6.45) is 6.62. The van der Waals surface area contributed by atoms with Crippen LogP contribution in [-0.4, -0.2) is 39.1 Å². The van der Waals surface area contributed by atoms with Crippen molar-refractivity contribution in [2.75, 3.05) is 6.54 Å². The number of rotatable bonds is 3. The summed E-state index contributed by atoms with van der Waals surface area (Å²) in [5, 5.41) is 10.5. The van der Waals surface area contributed by atoms with E-state index in [-0.39, 0.29) is 11.9 Å². The number of nitrogens with zero attached hydrogens (tertiary/aromatic N) is 2. The first-order chi connectivity index (χ1) is 9.38.